The maximum atomic E-state index is 14.2. The summed E-state index contributed by atoms with van der Waals surface area (Å²) >= 11 is 0. The average Bonchev–Trinajstić information content (AvgIpc) is 3.42. The number of nitrogens with zero attached hydrogens (tertiary/aromatic N) is 2. The predicted molar refractivity (Wildman–Crippen MR) is 166 cm³/mol. The van der Waals surface area contributed by atoms with E-state index >= 15 is 0 Å². The van der Waals surface area contributed by atoms with Crippen LogP contribution in [0.15, 0.2) is 30.5 Å². The molecule has 11 heteroatoms. The Bertz CT molecular complexity index is 1360. The third kappa shape index (κ3) is 7.42. The SMILES string of the molecule is CCC(=O)CCCCC[C@@H]1NC(=O)C(c2cn(OC)c3ccccc23)NC(=O)[C@H](C(C)CC)NC(=O)[C@@H]2CCCCN2C1=O. The lowest BCUT2D eigenvalue weighted by Crippen LogP contribution is -2.62. The van der Waals surface area contributed by atoms with Gasteiger partial charge in [-0.15, -0.1) is 0 Å². The van der Waals surface area contributed by atoms with E-state index in [9.17, 15) is 24.0 Å². The highest BCUT2D eigenvalue weighted by atomic mass is 16.6. The number of fused-ring (bicyclic) bond motifs is 2. The number of rotatable bonds is 11. The highest BCUT2D eigenvalue weighted by molar-refractivity contribution is 6.00. The molecule has 0 aliphatic carbocycles. The summed E-state index contributed by atoms with van der Waals surface area (Å²) in [5.41, 5.74) is 1.23. The molecule has 240 valence electrons. The molecule has 1 aromatic carbocycles. The molecule has 4 rings (SSSR count). The van der Waals surface area contributed by atoms with Crippen LogP contribution < -0.4 is 20.8 Å². The average molecular weight is 610 g/mol. The largest absolute Gasteiger partial charge is 0.417 e. The third-order valence-electron chi connectivity index (χ3n) is 9.10. The zero-order valence-corrected chi connectivity index (χ0v) is 26.4. The number of aromatic nitrogens is 1. The molecule has 11 nitrogen and oxygen atoms in total. The Morgan fingerprint density at radius 2 is 1.75 bits per heavy atom. The number of amides is 4. The Morgan fingerprint density at radius 1 is 0.977 bits per heavy atom. The standard InChI is InChI=1S/C33H47N5O6/c1-5-21(3)28-31(41)36-29(24-20-38(44-4)26-17-11-10-15-23(24)26)32(42)34-25(16-9-7-8-14-22(39)6-2)33(43)37-19-13-12-18-27(37)30(40)35-28/h10-11,15,17,20-21,25,27-29H,5-9,12-14,16,18-19H2,1-4H3,(H,34,42)(H,35,40)(H,36,41)/t21?,25-,27-,28-,29?/m0/s1. The Kier molecular flexibility index (Phi) is 11.4. The molecule has 2 aromatic rings. The van der Waals surface area contributed by atoms with Crippen LogP contribution in [-0.4, -0.2) is 70.8 Å². The Labute approximate surface area is 259 Å². The number of piperidine rings is 1. The summed E-state index contributed by atoms with van der Waals surface area (Å²) < 4.78 is 1.53. The van der Waals surface area contributed by atoms with Gasteiger partial charge in [0.2, 0.25) is 23.6 Å². The maximum Gasteiger partial charge on any atom is 0.247 e. The first-order valence-electron chi connectivity index (χ1n) is 16.1. The molecule has 2 aliphatic heterocycles. The number of benzene rings is 1. The molecule has 2 aliphatic rings. The van der Waals surface area contributed by atoms with Crippen LogP contribution in [0.3, 0.4) is 0 Å². The van der Waals surface area contributed by atoms with Gasteiger partial charge in [0.25, 0.3) is 0 Å². The van der Waals surface area contributed by atoms with Crippen molar-refractivity contribution in [2.24, 2.45) is 5.92 Å². The maximum absolute atomic E-state index is 14.2. The van der Waals surface area contributed by atoms with Gasteiger partial charge in [0, 0.05) is 30.3 Å². The predicted octanol–water partition coefficient (Wildman–Crippen LogP) is 3.20. The minimum atomic E-state index is -1.15. The van der Waals surface area contributed by atoms with Gasteiger partial charge in [0.15, 0.2) is 0 Å². The summed E-state index contributed by atoms with van der Waals surface area (Å²) in [5.74, 6) is -1.64. The van der Waals surface area contributed by atoms with Gasteiger partial charge in [-0.05, 0) is 44.1 Å². The number of carbonyl (C=O) groups excluding carboxylic acids is 5. The van der Waals surface area contributed by atoms with E-state index in [2.05, 4.69) is 16.0 Å². The minimum absolute atomic E-state index is 0.201. The van der Waals surface area contributed by atoms with Crippen LogP contribution in [0.1, 0.15) is 96.6 Å². The van der Waals surface area contributed by atoms with Gasteiger partial charge in [-0.25, -0.2) is 0 Å². The first kappa shape index (κ1) is 33.0. The second-order valence-electron chi connectivity index (χ2n) is 12.0. The van der Waals surface area contributed by atoms with Crippen LogP contribution in [0.25, 0.3) is 10.9 Å². The van der Waals surface area contributed by atoms with E-state index in [1.165, 1.54) is 11.8 Å². The van der Waals surface area contributed by atoms with Gasteiger partial charge in [-0.1, -0.05) is 58.2 Å². The lowest BCUT2D eigenvalue weighted by Gasteiger charge is -2.39. The van der Waals surface area contributed by atoms with Gasteiger partial charge in [0.1, 0.15) is 37.1 Å². The van der Waals surface area contributed by atoms with Crippen LogP contribution in [0, 0.1) is 5.92 Å². The number of para-hydroxylation sites is 1. The highest BCUT2D eigenvalue weighted by Crippen LogP contribution is 2.28. The first-order chi connectivity index (χ1) is 21.2. The van der Waals surface area contributed by atoms with Gasteiger partial charge >= 0.3 is 0 Å². The van der Waals surface area contributed by atoms with Crippen molar-refractivity contribution in [3.05, 3.63) is 36.0 Å². The summed E-state index contributed by atoms with van der Waals surface area (Å²) in [6.45, 7) is 6.07. The van der Waals surface area contributed by atoms with Crippen molar-refractivity contribution in [1.82, 2.24) is 25.6 Å². The van der Waals surface area contributed by atoms with Crippen LogP contribution in [0.2, 0.25) is 0 Å². The molecule has 2 fully saturated rings. The zero-order chi connectivity index (χ0) is 31.8. The van der Waals surface area contributed by atoms with E-state index in [4.69, 9.17) is 4.84 Å². The van der Waals surface area contributed by atoms with E-state index in [1.807, 2.05) is 45.0 Å². The minimum Gasteiger partial charge on any atom is -0.417 e. The summed E-state index contributed by atoms with van der Waals surface area (Å²) in [6, 6.07) is 3.75. The molecule has 3 N–H and O–H groups in total. The second-order valence-corrected chi connectivity index (χ2v) is 12.0. The van der Waals surface area contributed by atoms with Crippen molar-refractivity contribution in [3.63, 3.8) is 0 Å². The quantitative estimate of drug-likeness (QED) is 0.335. The number of hydrogen-bond acceptors (Lipinski definition) is 6. The van der Waals surface area contributed by atoms with E-state index in [0.717, 1.165) is 24.8 Å². The second kappa shape index (κ2) is 15.2. The number of carbonyl (C=O) groups is 5. The fourth-order valence-electron chi connectivity index (χ4n) is 6.23. The normalized spacial score (nSPS) is 24.0. The topological polar surface area (TPSA) is 139 Å². The summed E-state index contributed by atoms with van der Waals surface area (Å²) in [5, 5.41) is 9.55. The molecule has 2 saturated heterocycles. The number of nitrogens with one attached hydrogen (secondary N) is 3. The van der Waals surface area contributed by atoms with Gasteiger partial charge < -0.3 is 25.7 Å². The zero-order valence-electron chi connectivity index (χ0n) is 26.4. The van der Waals surface area contributed by atoms with E-state index in [-0.39, 0.29) is 23.5 Å². The molecule has 0 bridgehead atoms. The molecule has 4 amide bonds. The van der Waals surface area contributed by atoms with Crippen LogP contribution in [0.4, 0.5) is 0 Å². The Balaban J connectivity index is 1.72. The van der Waals surface area contributed by atoms with Crippen molar-refractivity contribution in [2.75, 3.05) is 13.7 Å². The lowest BCUT2D eigenvalue weighted by molar-refractivity contribution is -0.147. The summed E-state index contributed by atoms with van der Waals surface area (Å²) in [7, 11) is 1.52. The monoisotopic (exact) mass is 609 g/mol. The molecule has 0 spiro atoms. The van der Waals surface area contributed by atoms with Crippen molar-refractivity contribution in [1.29, 1.82) is 0 Å². The van der Waals surface area contributed by atoms with Crippen LogP contribution in [0.5, 0.6) is 0 Å². The van der Waals surface area contributed by atoms with Crippen molar-refractivity contribution in [3.8, 4) is 0 Å². The smallest absolute Gasteiger partial charge is 0.247 e. The fraction of sp³-hybridized carbons (Fsp3) is 0.606. The molecule has 44 heavy (non-hydrogen) atoms. The van der Waals surface area contributed by atoms with Gasteiger partial charge in [0.05, 0.1) is 11.7 Å². The van der Waals surface area contributed by atoms with Crippen molar-refractivity contribution in [2.45, 2.75) is 109 Å². The van der Waals surface area contributed by atoms with Gasteiger partial charge in [-0.2, -0.15) is 4.73 Å². The van der Waals surface area contributed by atoms with Gasteiger partial charge in [-0.3, -0.25) is 24.0 Å². The molecule has 1 aromatic heterocycles. The molecular weight excluding hydrogens is 562 g/mol. The summed E-state index contributed by atoms with van der Waals surface area (Å²) in [6.07, 6.45) is 7.73. The number of ketones is 1. The third-order valence-corrected chi connectivity index (χ3v) is 9.10. The van der Waals surface area contributed by atoms with E-state index < -0.39 is 36.0 Å². The molecule has 0 radical (unpaired) electrons. The van der Waals surface area contributed by atoms with Crippen LogP contribution in [-0.2, 0) is 24.0 Å². The number of Topliss-reactive ketones (excluding diaryl/α,β-unsaturated/α-hetero) is 1. The number of unbranched alkanes of at least 4 members (excludes halogenated alkanes) is 2. The summed E-state index contributed by atoms with van der Waals surface area (Å²) in [4.78, 5) is 74.8. The van der Waals surface area contributed by atoms with Crippen molar-refractivity contribution >= 4 is 40.3 Å². The van der Waals surface area contributed by atoms with Crippen LogP contribution >= 0.6 is 0 Å². The molecule has 0 saturated carbocycles. The fourth-order valence-corrected chi connectivity index (χ4v) is 6.23. The first-order valence-corrected chi connectivity index (χ1v) is 16.1. The molecule has 3 heterocycles. The van der Waals surface area contributed by atoms with E-state index in [0.29, 0.717) is 62.4 Å². The molecule has 2 unspecified atom stereocenters. The molecular formula is C33H47N5O6. The molecule has 5 atom stereocenters. The highest BCUT2D eigenvalue weighted by Gasteiger charge is 2.41. The van der Waals surface area contributed by atoms with Crippen molar-refractivity contribution < 1.29 is 28.8 Å². The van der Waals surface area contributed by atoms with E-state index in [1.54, 1.807) is 11.1 Å². The lowest BCUT2D eigenvalue weighted by atomic mass is 9.94. The number of hydrogen-bond donors (Lipinski definition) is 3. The Morgan fingerprint density at radius 3 is 2.48 bits per heavy atom. The Hall–Kier alpha value is -3.89.